The van der Waals surface area contributed by atoms with Crippen LogP contribution in [0.15, 0.2) is 78.9 Å². The van der Waals surface area contributed by atoms with Crippen LogP contribution in [0.3, 0.4) is 0 Å². The molecule has 8 nitrogen and oxygen atoms in total. The Morgan fingerprint density at radius 1 is 0.900 bits per heavy atom. The largest absolute Gasteiger partial charge is 0.457 e. The lowest BCUT2D eigenvalue weighted by molar-refractivity contribution is -0.140. The van der Waals surface area contributed by atoms with Crippen LogP contribution in [0.2, 0.25) is 0 Å². The number of hydrogen-bond donors (Lipinski definition) is 1. The number of nitrogens with one attached hydrogen (secondary N) is 1. The number of sulfonamides is 1. The number of para-hydroxylation sites is 1. The van der Waals surface area contributed by atoms with Gasteiger partial charge in [0, 0.05) is 13.1 Å². The van der Waals surface area contributed by atoms with Gasteiger partial charge in [0.1, 0.15) is 24.1 Å². The molecule has 1 atom stereocenters. The SMILES string of the molecule is CCCCNC(=O)C(CC)N(Cc1ccc(C)cc1)C(=O)CN(c1ccc(Oc2ccccc2)cc1)S(C)(=O)=O. The maximum Gasteiger partial charge on any atom is 0.244 e. The fourth-order valence-corrected chi connectivity index (χ4v) is 5.08. The van der Waals surface area contributed by atoms with Gasteiger partial charge in [0.15, 0.2) is 0 Å². The van der Waals surface area contributed by atoms with Gasteiger partial charge in [-0.15, -0.1) is 0 Å². The molecule has 0 saturated heterocycles. The van der Waals surface area contributed by atoms with Crippen LogP contribution in [0, 0.1) is 6.92 Å². The first-order valence-corrected chi connectivity index (χ1v) is 15.4. The molecule has 214 valence electrons. The number of hydrogen-bond acceptors (Lipinski definition) is 5. The lowest BCUT2D eigenvalue weighted by Crippen LogP contribution is -2.52. The third kappa shape index (κ3) is 8.84. The van der Waals surface area contributed by atoms with Crippen molar-refractivity contribution in [3.63, 3.8) is 0 Å². The molecular weight excluding hydrogens is 526 g/mol. The molecule has 0 heterocycles. The van der Waals surface area contributed by atoms with Crippen LogP contribution >= 0.6 is 0 Å². The number of ether oxygens (including phenoxy) is 1. The van der Waals surface area contributed by atoms with E-state index in [9.17, 15) is 18.0 Å². The van der Waals surface area contributed by atoms with E-state index in [0.717, 1.165) is 34.5 Å². The Morgan fingerprint density at radius 3 is 2.10 bits per heavy atom. The molecule has 3 aromatic rings. The summed E-state index contributed by atoms with van der Waals surface area (Å²) in [7, 11) is -3.82. The predicted octanol–water partition coefficient (Wildman–Crippen LogP) is 5.28. The van der Waals surface area contributed by atoms with Crippen molar-refractivity contribution in [1.82, 2.24) is 10.2 Å². The molecule has 2 amide bonds. The van der Waals surface area contributed by atoms with Gasteiger partial charge in [0.2, 0.25) is 21.8 Å². The maximum atomic E-state index is 13.8. The summed E-state index contributed by atoms with van der Waals surface area (Å²) in [6.45, 7) is 6.12. The van der Waals surface area contributed by atoms with E-state index in [4.69, 9.17) is 4.74 Å². The summed E-state index contributed by atoms with van der Waals surface area (Å²) in [6.07, 6.45) is 3.22. The van der Waals surface area contributed by atoms with E-state index >= 15 is 0 Å². The van der Waals surface area contributed by atoms with Crippen LogP contribution in [0.25, 0.3) is 0 Å². The Kier molecular flexibility index (Phi) is 11.1. The summed E-state index contributed by atoms with van der Waals surface area (Å²) in [4.78, 5) is 28.4. The summed E-state index contributed by atoms with van der Waals surface area (Å²) >= 11 is 0. The second kappa shape index (κ2) is 14.5. The van der Waals surface area contributed by atoms with Gasteiger partial charge in [-0.25, -0.2) is 8.42 Å². The number of rotatable bonds is 14. The Bertz CT molecular complexity index is 1340. The van der Waals surface area contributed by atoms with Gasteiger partial charge in [-0.05, 0) is 61.7 Å². The quantitative estimate of drug-likeness (QED) is 0.269. The molecule has 0 aliphatic rings. The summed E-state index contributed by atoms with van der Waals surface area (Å²) in [6, 6.07) is 22.7. The number of benzene rings is 3. The van der Waals surface area contributed by atoms with E-state index in [1.807, 2.05) is 75.4 Å². The van der Waals surface area contributed by atoms with Crippen molar-refractivity contribution in [1.29, 1.82) is 0 Å². The summed E-state index contributed by atoms with van der Waals surface area (Å²) in [5.74, 6) is 0.475. The topological polar surface area (TPSA) is 96.0 Å². The first-order valence-electron chi connectivity index (χ1n) is 13.6. The molecule has 1 unspecified atom stereocenters. The fourth-order valence-electron chi connectivity index (χ4n) is 4.23. The average Bonchev–Trinajstić information content (AvgIpc) is 2.93. The minimum Gasteiger partial charge on any atom is -0.457 e. The van der Waals surface area contributed by atoms with Crippen molar-refractivity contribution >= 4 is 27.5 Å². The number of nitrogens with zero attached hydrogens (tertiary/aromatic N) is 2. The maximum absolute atomic E-state index is 13.8. The minimum absolute atomic E-state index is 0.181. The third-order valence-corrected chi connectivity index (χ3v) is 7.61. The smallest absolute Gasteiger partial charge is 0.244 e. The predicted molar refractivity (Wildman–Crippen MR) is 159 cm³/mol. The second-order valence-electron chi connectivity index (χ2n) is 9.75. The van der Waals surface area contributed by atoms with Crippen LogP contribution in [-0.2, 0) is 26.2 Å². The summed E-state index contributed by atoms with van der Waals surface area (Å²) in [5.41, 5.74) is 2.26. The van der Waals surface area contributed by atoms with Gasteiger partial charge in [0.25, 0.3) is 0 Å². The molecular formula is C31H39N3O5S. The Morgan fingerprint density at radius 2 is 1.52 bits per heavy atom. The van der Waals surface area contributed by atoms with Crippen molar-refractivity contribution in [2.24, 2.45) is 0 Å². The van der Waals surface area contributed by atoms with Crippen molar-refractivity contribution in [2.45, 2.75) is 52.6 Å². The van der Waals surface area contributed by atoms with Crippen molar-refractivity contribution < 1.29 is 22.7 Å². The molecule has 9 heteroatoms. The monoisotopic (exact) mass is 565 g/mol. The van der Waals surface area contributed by atoms with E-state index in [1.54, 1.807) is 24.3 Å². The van der Waals surface area contributed by atoms with E-state index in [2.05, 4.69) is 5.32 Å². The average molecular weight is 566 g/mol. The molecule has 0 fully saturated rings. The third-order valence-electron chi connectivity index (χ3n) is 6.47. The molecule has 1 N–H and O–H groups in total. The molecule has 40 heavy (non-hydrogen) atoms. The van der Waals surface area contributed by atoms with Crippen LogP contribution in [0.1, 0.15) is 44.2 Å². The zero-order valence-corrected chi connectivity index (χ0v) is 24.5. The van der Waals surface area contributed by atoms with Gasteiger partial charge in [-0.3, -0.25) is 13.9 Å². The van der Waals surface area contributed by atoms with Gasteiger partial charge in [-0.2, -0.15) is 0 Å². The number of anilines is 1. The standard InChI is InChI=1S/C31H39N3O5S/c1-5-7-21-32-31(36)29(6-2)33(22-25-15-13-24(3)14-16-25)30(35)23-34(40(4,37)38)26-17-19-28(20-18-26)39-27-11-9-8-10-12-27/h8-20,29H,5-7,21-23H2,1-4H3,(H,32,36). The molecule has 0 aliphatic carbocycles. The highest BCUT2D eigenvalue weighted by molar-refractivity contribution is 7.92. The van der Waals surface area contributed by atoms with Crippen LogP contribution in [-0.4, -0.2) is 50.5 Å². The number of aryl methyl sites for hydroxylation is 1. The van der Waals surface area contributed by atoms with Gasteiger partial charge < -0.3 is 15.0 Å². The van der Waals surface area contributed by atoms with Crippen molar-refractivity contribution in [3.05, 3.63) is 90.0 Å². The van der Waals surface area contributed by atoms with Crippen LogP contribution in [0.5, 0.6) is 11.5 Å². The Labute approximate surface area is 238 Å². The van der Waals surface area contributed by atoms with E-state index in [0.29, 0.717) is 30.2 Å². The molecule has 0 radical (unpaired) electrons. The van der Waals surface area contributed by atoms with Crippen molar-refractivity contribution in [2.75, 3.05) is 23.7 Å². The summed E-state index contributed by atoms with van der Waals surface area (Å²) in [5, 5.41) is 2.93. The lowest BCUT2D eigenvalue weighted by Gasteiger charge is -2.33. The van der Waals surface area contributed by atoms with Crippen molar-refractivity contribution in [3.8, 4) is 11.5 Å². The Hall–Kier alpha value is -3.85. The molecule has 0 saturated carbocycles. The van der Waals surface area contributed by atoms with E-state index in [1.165, 1.54) is 4.90 Å². The van der Waals surface area contributed by atoms with Gasteiger partial charge >= 0.3 is 0 Å². The first kappa shape index (κ1) is 30.7. The molecule has 0 aromatic heterocycles. The zero-order valence-electron chi connectivity index (χ0n) is 23.7. The second-order valence-corrected chi connectivity index (χ2v) is 11.7. The lowest BCUT2D eigenvalue weighted by atomic mass is 10.1. The molecule has 0 bridgehead atoms. The molecule has 0 aliphatic heterocycles. The molecule has 3 rings (SSSR count). The summed E-state index contributed by atoms with van der Waals surface area (Å²) < 4.78 is 32.6. The number of carbonyl (C=O) groups is 2. The number of unbranched alkanes of at least 4 members (excludes halogenated alkanes) is 1. The highest BCUT2D eigenvalue weighted by atomic mass is 32.2. The minimum atomic E-state index is -3.82. The van der Waals surface area contributed by atoms with Crippen LogP contribution < -0.4 is 14.4 Å². The first-order chi connectivity index (χ1) is 19.1. The fraction of sp³-hybridized carbons (Fsp3) is 0.355. The van der Waals surface area contributed by atoms with Gasteiger partial charge in [0.05, 0.1) is 11.9 Å². The normalized spacial score (nSPS) is 11.9. The molecule has 3 aromatic carbocycles. The molecule has 0 spiro atoms. The highest BCUT2D eigenvalue weighted by Crippen LogP contribution is 2.26. The van der Waals surface area contributed by atoms with Gasteiger partial charge in [-0.1, -0.05) is 68.3 Å². The van der Waals surface area contributed by atoms with E-state index < -0.39 is 28.5 Å². The number of carbonyl (C=O) groups excluding carboxylic acids is 2. The zero-order chi connectivity index (χ0) is 29.1. The Balaban J connectivity index is 1.87. The van der Waals surface area contributed by atoms with E-state index in [-0.39, 0.29) is 12.5 Å². The highest BCUT2D eigenvalue weighted by Gasteiger charge is 2.31. The van der Waals surface area contributed by atoms with Crippen LogP contribution in [0.4, 0.5) is 5.69 Å². The number of amides is 2.